The summed E-state index contributed by atoms with van der Waals surface area (Å²) in [5.41, 5.74) is 0. The molecule has 2 aliphatic rings. The molecule has 22 heteroatoms. The zero-order chi connectivity index (χ0) is 26.1. The molecule has 0 bridgehead atoms. The molecule has 9 atom stereocenters. The summed E-state index contributed by atoms with van der Waals surface area (Å²) in [5.74, 6) is 0. The van der Waals surface area contributed by atoms with E-state index in [2.05, 4.69) is 13.6 Å². The Hall–Kier alpha value is 0.0500. The maximum Gasteiger partial charge on any atom is 0.470 e. The Morgan fingerprint density at radius 3 is 1.53 bits per heavy atom. The molecule has 2 heterocycles. The van der Waals surface area contributed by atoms with E-state index in [9.17, 15) is 29.0 Å². The molecular weight excluding hydrogens is 541 g/mol. The molecule has 2 fully saturated rings. The third kappa shape index (κ3) is 8.29. The van der Waals surface area contributed by atoms with Gasteiger partial charge in [0.15, 0.2) is 12.6 Å². The summed E-state index contributed by atoms with van der Waals surface area (Å²) < 4.78 is 68.1. The molecule has 9 N–H and O–H groups in total. The van der Waals surface area contributed by atoms with Crippen molar-refractivity contribution in [3.63, 3.8) is 0 Å². The van der Waals surface area contributed by atoms with E-state index < -0.39 is 92.0 Å². The van der Waals surface area contributed by atoms with E-state index in [1.165, 1.54) is 0 Å². The van der Waals surface area contributed by atoms with Crippen LogP contribution in [-0.4, -0.2) is 120 Å². The number of aliphatic hydroxyl groups excluding tert-OH is 3. The smallest absolute Gasteiger partial charge is 0.394 e. The molecule has 2 aliphatic heterocycles. The van der Waals surface area contributed by atoms with Crippen molar-refractivity contribution >= 4 is 23.5 Å². The van der Waals surface area contributed by atoms with Crippen LogP contribution in [-0.2, 0) is 46.2 Å². The molecule has 0 aromatic rings. The van der Waals surface area contributed by atoms with Gasteiger partial charge in [0.1, 0.15) is 42.7 Å². The summed E-state index contributed by atoms with van der Waals surface area (Å²) in [6, 6.07) is 0. The van der Waals surface area contributed by atoms with Gasteiger partial charge in [0.25, 0.3) is 0 Å². The third-order valence-corrected chi connectivity index (χ3v) is 6.10. The zero-order valence-corrected chi connectivity index (χ0v) is 19.7. The number of rotatable bonds is 11. The van der Waals surface area contributed by atoms with Gasteiger partial charge in [0.2, 0.25) is 0 Å². The van der Waals surface area contributed by atoms with Crippen molar-refractivity contribution in [2.24, 2.45) is 0 Å². The fourth-order valence-corrected chi connectivity index (χ4v) is 5.01. The summed E-state index contributed by atoms with van der Waals surface area (Å²) in [6.07, 6.45) is -16.8. The topological polar surface area (TPSA) is 298 Å². The van der Waals surface area contributed by atoms with Crippen LogP contribution in [0.25, 0.3) is 0 Å². The van der Waals surface area contributed by atoms with E-state index in [0.29, 0.717) is 0 Å². The van der Waals surface area contributed by atoms with E-state index in [-0.39, 0.29) is 0 Å². The van der Waals surface area contributed by atoms with Crippen LogP contribution in [0, 0.1) is 0 Å². The van der Waals surface area contributed by atoms with Crippen molar-refractivity contribution in [1.29, 1.82) is 0 Å². The molecule has 0 aliphatic carbocycles. The van der Waals surface area contributed by atoms with Crippen LogP contribution in [0.3, 0.4) is 0 Å². The monoisotopic (exact) mass is 566 g/mol. The van der Waals surface area contributed by atoms with Gasteiger partial charge >= 0.3 is 23.5 Å². The highest BCUT2D eigenvalue weighted by molar-refractivity contribution is 7.46. The highest BCUT2D eigenvalue weighted by Gasteiger charge is 2.55. The van der Waals surface area contributed by atoms with Gasteiger partial charge in [-0.3, -0.25) is 13.6 Å². The van der Waals surface area contributed by atoms with Crippen LogP contribution in [0.2, 0.25) is 0 Å². The summed E-state index contributed by atoms with van der Waals surface area (Å²) in [4.78, 5) is 54.8. The molecule has 202 valence electrons. The van der Waals surface area contributed by atoms with Crippen molar-refractivity contribution in [2.75, 3.05) is 20.3 Å². The Kier molecular flexibility index (Phi) is 10.3. The third-order valence-electron chi connectivity index (χ3n) is 4.54. The summed E-state index contributed by atoms with van der Waals surface area (Å²) >= 11 is 0. The second-order valence-electron chi connectivity index (χ2n) is 6.96. The fraction of sp³-hybridized carbons (Fsp3) is 1.00. The van der Waals surface area contributed by atoms with Crippen LogP contribution in [0.5, 0.6) is 0 Å². The number of aliphatic hydroxyl groups is 3. The lowest BCUT2D eigenvalue weighted by molar-refractivity contribution is -0.313. The van der Waals surface area contributed by atoms with Crippen LogP contribution in [0.15, 0.2) is 0 Å². The summed E-state index contributed by atoms with van der Waals surface area (Å²) in [5, 5.41) is 29.7. The number of phosphoric acid groups is 3. The van der Waals surface area contributed by atoms with Gasteiger partial charge < -0.3 is 63.6 Å². The average Bonchev–Trinajstić information content (AvgIpc) is 2.99. The molecule has 0 aromatic carbocycles. The predicted octanol–water partition coefficient (Wildman–Crippen LogP) is -3.75. The second-order valence-corrected chi connectivity index (χ2v) is 10.5. The summed E-state index contributed by atoms with van der Waals surface area (Å²) in [7, 11) is -15.0. The van der Waals surface area contributed by atoms with Crippen molar-refractivity contribution < 1.29 is 90.9 Å². The van der Waals surface area contributed by atoms with Crippen molar-refractivity contribution in [3.05, 3.63) is 0 Å². The quantitative estimate of drug-likeness (QED) is 0.108. The first-order valence-corrected chi connectivity index (χ1v) is 13.7. The molecule has 19 nitrogen and oxygen atoms in total. The van der Waals surface area contributed by atoms with E-state index in [0.717, 1.165) is 7.11 Å². The van der Waals surface area contributed by atoms with Gasteiger partial charge in [-0.25, -0.2) is 13.7 Å². The Bertz CT molecular complexity index is 806. The molecule has 0 aromatic heterocycles. The van der Waals surface area contributed by atoms with Crippen molar-refractivity contribution in [2.45, 2.75) is 55.3 Å². The lowest BCUT2D eigenvalue weighted by atomic mass is 9.99. The molecule has 34 heavy (non-hydrogen) atoms. The minimum absolute atomic E-state index is 0.829. The van der Waals surface area contributed by atoms with Crippen molar-refractivity contribution in [3.8, 4) is 0 Å². The first-order chi connectivity index (χ1) is 15.5. The van der Waals surface area contributed by atoms with Gasteiger partial charge in [-0.15, -0.1) is 0 Å². The number of hydrogen-bond acceptors (Lipinski definition) is 13. The molecule has 2 saturated heterocycles. The maximum atomic E-state index is 11.4. The average molecular weight is 566 g/mol. The number of phosphoric ester groups is 3. The standard InChI is InChI=1S/C12H25O19P3/c1-25-12-10(31-34(22,23)24)7(4(2-13)27-12)28-11-6(15)9(30-33(19,20)21)8(5(3-14)26-11)29-32(16,17)18/h4-15H,2-3H2,1H3,(H2,16,17,18)(H2,19,20,21)(H2,22,23,24)/t4-,5-,6-,7-,8-,9-,10-,11-,12-/m1/s1. The lowest BCUT2D eigenvalue weighted by Gasteiger charge is -2.44. The number of hydrogen-bond donors (Lipinski definition) is 9. The minimum atomic E-state index is -5.44. The van der Waals surface area contributed by atoms with Gasteiger partial charge in [0.05, 0.1) is 13.2 Å². The van der Waals surface area contributed by atoms with E-state index in [1.54, 1.807) is 0 Å². The first-order valence-electron chi connectivity index (χ1n) is 9.10. The molecule has 0 saturated carbocycles. The van der Waals surface area contributed by atoms with Gasteiger partial charge in [-0.05, 0) is 0 Å². The van der Waals surface area contributed by atoms with Gasteiger partial charge in [-0.1, -0.05) is 0 Å². The fourth-order valence-electron chi connectivity index (χ4n) is 3.34. The van der Waals surface area contributed by atoms with Crippen LogP contribution in [0.4, 0.5) is 0 Å². The Morgan fingerprint density at radius 2 is 1.09 bits per heavy atom. The van der Waals surface area contributed by atoms with E-state index in [4.69, 9.17) is 48.3 Å². The Labute approximate surface area is 190 Å². The van der Waals surface area contributed by atoms with E-state index >= 15 is 0 Å². The number of methoxy groups -OCH3 is 1. The van der Waals surface area contributed by atoms with Gasteiger partial charge in [-0.2, -0.15) is 0 Å². The first kappa shape index (κ1) is 30.3. The molecule has 0 amide bonds. The van der Waals surface area contributed by atoms with Crippen LogP contribution < -0.4 is 0 Å². The molecule has 0 spiro atoms. The second kappa shape index (κ2) is 11.6. The predicted molar refractivity (Wildman–Crippen MR) is 100 cm³/mol. The Morgan fingerprint density at radius 1 is 0.676 bits per heavy atom. The van der Waals surface area contributed by atoms with Crippen LogP contribution >= 0.6 is 23.5 Å². The highest BCUT2D eigenvalue weighted by atomic mass is 31.2. The van der Waals surface area contributed by atoms with Crippen LogP contribution in [0.1, 0.15) is 0 Å². The normalized spacial score (nSPS) is 37.8. The van der Waals surface area contributed by atoms with Crippen molar-refractivity contribution in [1.82, 2.24) is 0 Å². The molecular formula is C12H25O19P3. The molecule has 2 rings (SSSR count). The Balaban J connectivity index is 2.38. The lowest BCUT2D eigenvalue weighted by Crippen LogP contribution is -2.61. The molecule has 0 unspecified atom stereocenters. The maximum absolute atomic E-state index is 11.4. The largest absolute Gasteiger partial charge is 0.470 e. The highest BCUT2D eigenvalue weighted by Crippen LogP contribution is 2.48. The van der Waals surface area contributed by atoms with Gasteiger partial charge in [0, 0.05) is 7.11 Å². The SMILES string of the molecule is CO[C@@H]1O[C@H](CO)[C@@H](O[C@H]2O[C@H](CO)[C@@H](OP(=O)(O)O)[C@H](OP(=O)(O)O)[C@H]2O)[C@H]1OP(=O)(O)O. The summed E-state index contributed by atoms with van der Waals surface area (Å²) in [6.45, 7) is -1.92. The number of ether oxygens (including phenoxy) is 4. The zero-order valence-electron chi connectivity index (χ0n) is 17.1. The minimum Gasteiger partial charge on any atom is -0.394 e. The van der Waals surface area contributed by atoms with E-state index in [1.807, 2.05) is 0 Å². The molecule has 0 radical (unpaired) electrons.